The van der Waals surface area contributed by atoms with Crippen LogP contribution in [0.15, 0.2) is 29.4 Å². The summed E-state index contributed by atoms with van der Waals surface area (Å²) >= 11 is 5.94. The van der Waals surface area contributed by atoms with Crippen molar-refractivity contribution in [2.45, 2.75) is 39.2 Å². The van der Waals surface area contributed by atoms with Crippen LogP contribution in [0.1, 0.15) is 33.1 Å². The summed E-state index contributed by atoms with van der Waals surface area (Å²) in [6.07, 6.45) is 5.67. The number of nitrogens with zero attached hydrogens (tertiary/aromatic N) is 4. The van der Waals surface area contributed by atoms with Gasteiger partial charge < -0.3 is 9.74 Å². The molecule has 4 aliphatic rings. The van der Waals surface area contributed by atoms with Crippen LogP contribution in [0.4, 0.5) is 0 Å². The maximum absolute atomic E-state index is 10.0. The summed E-state index contributed by atoms with van der Waals surface area (Å²) in [5, 5.41) is 15.1. The molecule has 27 heavy (non-hydrogen) atoms. The van der Waals surface area contributed by atoms with Gasteiger partial charge in [0.15, 0.2) is 17.8 Å². The van der Waals surface area contributed by atoms with Crippen LogP contribution in [-0.4, -0.2) is 41.3 Å². The molecule has 0 amide bonds. The lowest BCUT2D eigenvalue weighted by Crippen LogP contribution is -2.64. The molecule has 0 aromatic heterocycles. The molecule has 0 N–H and O–H groups in total. The Morgan fingerprint density at radius 1 is 1.26 bits per heavy atom. The quantitative estimate of drug-likeness (QED) is 0.250. The monoisotopic (exact) mass is 386 g/mol. The third kappa shape index (κ3) is 3.93. The highest BCUT2D eigenvalue weighted by Crippen LogP contribution is 2.45. The first-order valence-corrected chi connectivity index (χ1v) is 10.3. The van der Waals surface area contributed by atoms with E-state index in [0.717, 1.165) is 31.3 Å². The van der Waals surface area contributed by atoms with Crippen molar-refractivity contribution < 1.29 is 4.84 Å². The van der Waals surface area contributed by atoms with Gasteiger partial charge in [0.05, 0.1) is 6.04 Å². The number of hydrogen-bond donors (Lipinski definition) is 0. The van der Waals surface area contributed by atoms with Crippen LogP contribution >= 0.6 is 11.6 Å². The molecule has 0 spiro atoms. The van der Waals surface area contributed by atoms with E-state index < -0.39 is 0 Å². The Morgan fingerprint density at radius 2 is 1.93 bits per heavy atom. The van der Waals surface area contributed by atoms with Crippen molar-refractivity contribution in [3.8, 4) is 11.9 Å². The van der Waals surface area contributed by atoms with Gasteiger partial charge >= 0.3 is 0 Å². The summed E-state index contributed by atoms with van der Waals surface area (Å²) in [6, 6.07) is 7.41. The first kappa shape index (κ1) is 18.6. The molecule has 4 fully saturated rings. The predicted molar refractivity (Wildman–Crippen MR) is 106 cm³/mol. The molecule has 4 bridgehead atoms. The molecule has 0 radical (unpaired) electrons. The Balaban J connectivity index is 1.57. The average molecular weight is 387 g/mol. The Kier molecular flexibility index (Phi) is 5.29. The Hall–Kier alpha value is -1.77. The lowest BCUT2D eigenvalue weighted by Gasteiger charge is -2.57. The van der Waals surface area contributed by atoms with Crippen molar-refractivity contribution in [3.05, 3.63) is 29.3 Å². The van der Waals surface area contributed by atoms with E-state index in [1.807, 2.05) is 4.90 Å². The van der Waals surface area contributed by atoms with Crippen molar-refractivity contribution in [1.29, 1.82) is 5.26 Å². The maximum Gasteiger partial charge on any atom is 0.185 e. The molecule has 5 rings (SSSR count). The van der Waals surface area contributed by atoms with Crippen LogP contribution in [0.2, 0.25) is 5.02 Å². The van der Waals surface area contributed by atoms with E-state index in [1.54, 1.807) is 24.3 Å². The molecule has 0 unspecified atom stereocenters. The van der Waals surface area contributed by atoms with E-state index in [2.05, 4.69) is 30.1 Å². The van der Waals surface area contributed by atoms with Crippen molar-refractivity contribution in [2.75, 3.05) is 19.6 Å². The van der Waals surface area contributed by atoms with Gasteiger partial charge in [-0.2, -0.15) is 5.26 Å². The van der Waals surface area contributed by atoms with Crippen LogP contribution in [0.25, 0.3) is 0 Å². The fraction of sp³-hybridized carbons (Fsp3) is 0.619. The van der Waals surface area contributed by atoms with Gasteiger partial charge in [0.25, 0.3) is 0 Å². The second-order valence-corrected chi connectivity index (χ2v) is 9.12. The average Bonchev–Trinajstić information content (AvgIpc) is 2.62. The molecule has 144 valence electrons. The molecule has 3 aliphatic heterocycles. The van der Waals surface area contributed by atoms with Crippen LogP contribution in [0.3, 0.4) is 0 Å². The number of benzene rings is 1. The molecule has 1 aromatic carbocycles. The van der Waals surface area contributed by atoms with Crippen molar-refractivity contribution in [2.24, 2.45) is 28.8 Å². The number of piperidine rings is 3. The smallest absolute Gasteiger partial charge is 0.185 e. The van der Waals surface area contributed by atoms with Gasteiger partial charge in [0.2, 0.25) is 0 Å². The standard InChI is InChI=1S/C21H27ClN4O/c1-14(2)7-20(24-27-19-5-3-18(22)4-6-19)26(13-23)21-16-8-15-9-17(21)12-25(10-15)11-16/h3-6,14-17,21H,7-12H2,1-2H3/b24-20+/t15?,16-,17-,21?/m0/s1. The molecule has 1 aliphatic carbocycles. The number of rotatable bonds is 5. The summed E-state index contributed by atoms with van der Waals surface area (Å²) in [5.74, 6) is 3.71. The number of nitriles is 1. The zero-order chi connectivity index (χ0) is 19.0. The second kappa shape index (κ2) is 7.69. The number of halogens is 1. The normalized spacial score (nSPS) is 31.8. The number of hydrogen-bond acceptors (Lipinski definition) is 4. The van der Waals surface area contributed by atoms with E-state index in [0.29, 0.717) is 28.5 Å². The molecule has 1 aromatic rings. The number of amidine groups is 1. The fourth-order valence-corrected chi connectivity index (χ4v) is 5.37. The van der Waals surface area contributed by atoms with E-state index in [4.69, 9.17) is 16.4 Å². The summed E-state index contributed by atoms with van der Waals surface area (Å²) in [6.45, 7) is 7.77. The minimum atomic E-state index is 0.258. The van der Waals surface area contributed by atoms with Crippen LogP contribution < -0.4 is 4.84 Å². The summed E-state index contributed by atoms with van der Waals surface area (Å²) in [4.78, 5) is 10.1. The van der Waals surface area contributed by atoms with Gasteiger partial charge in [0, 0.05) is 31.1 Å². The maximum atomic E-state index is 10.0. The molecular weight excluding hydrogens is 360 g/mol. The Bertz CT molecular complexity index is 712. The van der Waals surface area contributed by atoms with Crippen molar-refractivity contribution in [1.82, 2.24) is 9.80 Å². The molecule has 3 heterocycles. The van der Waals surface area contributed by atoms with Gasteiger partial charge in [-0.25, -0.2) is 0 Å². The van der Waals surface area contributed by atoms with Gasteiger partial charge in [-0.1, -0.05) is 30.6 Å². The van der Waals surface area contributed by atoms with Crippen molar-refractivity contribution >= 4 is 17.4 Å². The molecule has 2 atom stereocenters. The van der Waals surface area contributed by atoms with E-state index >= 15 is 0 Å². The largest absolute Gasteiger partial charge is 0.355 e. The van der Waals surface area contributed by atoms with Crippen molar-refractivity contribution in [3.63, 3.8) is 0 Å². The first-order valence-electron chi connectivity index (χ1n) is 9.94. The second-order valence-electron chi connectivity index (χ2n) is 8.69. The summed E-state index contributed by atoms with van der Waals surface area (Å²) < 4.78 is 0. The summed E-state index contributed by atoms with van der Waals surface area (Å²) in [5.41, 5.74) is 0. The topological polar surface area (TPSA) is 51.9 Å². The third-order valence-corrected chi connectivity index (χ3v) is 6.34. The van der Waals surface area contributed by atoms with Gasteiger partial charge in [-0.3, -0.25) is 4.90 Å². The van der Waals surface area contributed by atoms with Gasteiger partial charge in [-0.05, 0) is 60.8 Å². The lowest BCUT2D eigenvalue weighted by molar-refractivity contribution is -0.0603. The van der Waals surface area contributed by atoms with Crippen LogP contribution in [-0.2, 0) is 0 Å². The van der Waals surface area contributed by atoms with Crippen LogP contribution in [0, 0.1) is 35.1 Å². The van der Waals surface area contributed by atoms with Gasteiger partial charge in [0.1, 0.15) is 0 Å². The lowest BCUT2D eigenvalue weighted by atomic mass is 9.64. The summed E-state index contributed by atoms with van der Waals surface area (Å²) in [7, 11) is 0. The fourth-order valence-electron chi connectivity index (χ4n) is 5.25. The minimum absolute atomic E-state index is 0.258. The molecule has 3 saturated heterocycles. The third-order valence-electron chi connectivity index (χ3n) is 6.08. The predicted octanol–water partition coefficient (Wildman–Crippen LogP) is 4.20. The molecule has 6 heteroatoms. The van der Waals surface area contributed by atoms with E-state index in [-0.39, 0.29) is 6.04 Å². The molecule has 1 saturated carbocycles. The zero-order valence-electron chi connectivity index (χ0n) is 16.0. The van der Waals surface area contributed by atoms with E-state index in [9.17, 15) is 5.26 Å². The SMILES string of the molecule is CC(C)C/C(=N\Oc1ccc(Cl)cc1)N(C#N)C1[C@H]2CC3C[C@H]1CN(C3)C2. The van der Waals surface area contributed by atoms with Gasteiger partial charge in [-0.15, -0.1) is 0 Å². The number of oxime groups is 1. The van der Waals surface area contributed by atoms with E-state index in [1.165, 1.54) is 19.4 Å². The molecular formula is C21H27ClN4O. The zero-order valence-corrected chi connectivity index (χ0v) is 16.8. The Labute approximate surface area is 166 Å². The highest BCUT2D eigenvalue weighted by atomic mass is 35.5. The van der Waals surface area contributed by atoms with Crippen LogP contribution in [0.5, 0.6) is 5.75 Å². The minimum Gasteiger partial charge on any atom is -0.355 e. The highest BCUT2D eigenvalue weighted by molar-refractivity contribution is 6.30. The first-order chi connectivity index (χ1) is 13.0. The Morgan fingerprint density at radius 3 is 2.48 bits per heavy atom. The highest BCUT2D eigenvalue weighted by Gasteiger charge is 2.50. The molecule has 5 nitrogen and oxygen atoms in total.